The molecule has 1 fully saturated rings. The lowest BCUT2D eigenvalue weighted by Crippen LogP contribution is -2.58. The standard InChI is InChI=1S/C25H26ClNO7/c1-2-3-4-14(26)8-11-5-6-16(28)19-15(11)9-12-7-13-10-17(29)20(24(27)33)23(32)25(13,34)22(31)18(12)21(19)30/h5-6,8,12-13,28,30,32,34H,2-4,7,9-10H2,1H3,(H2,27,33)/b14-8-/t12-,13+,25+/m1/s1. The van der Waals surface area contributed by atoms with Crippen molar-refractivity contribution in [3.05, 3.63) is 50.8 Å². The number of allylic oxidation sites excluding steroid dienone is 1. The molecule has 34 heavy (non-hydrogen) atoms. The number of rotatable bonds is 5. The van der Waals surface area contributed by atoms with E-state index in [-0.39, 0.29) is 36.1 Å². The molecule has 0 unspecified atom stereocenters. The third-order valence-corrected chi connectivity index (χ3v) is 7.36. The molecule has 0 saturated heterocycles. The summed E-state index contributed by atoms with van der Waals surface area (Å²) in [5.41, 5.74) is 3.00. The zero-order chi connectivity index (χ0) is 24.9. The maximum atomic E-state index is 13.5. The van der Waals surface area contributed by atoms with Gasteiger partial charge in [-0.15, -0.1) is 0 Å². The highest BCUT2D eigenvalue weighted by Crippen LogP contribution is 2.52. The number of carbonyl (C=O) groups is 3. The van der Waals surface area contributed by atoms with Gasteiger partial charge in [-0.05, 0) is 54.9 Å². The van der Waals surface area contributed by atoms with Gasteiger partial charge in [0.15, 0.2) is 11.4 Å². The highest BCUT2D eigenvalue weighted by Gasteiger charge is 2.60. The molecule has 0 spiro atoms. The van der Waals surface area contributed by atoms with Gasteiger partial charge in [0.2, 0.25) is 5.78 Å². The van der Waals surface area contributed by atoms with Crippen molar-refractivity contribution in [3.63, 3.8) is 0 Å². The zero-order valence-electron chi connectivity index (χ0n) is 18.6. The van der Waals surface area contributed by atoms with Crippen molar-refractivity contribution in [2.24, 2.45) is 17.6 Å². The second kappa shape index (κ2) is 8.60. The lowest BCUT2D eigenvalue weighted by molar-refractivity contribution is -0.147. The van der Waals surface area contributed by atoms with Crippen molar-refractivity contribution in [2.45, 2.75) is 51.0 Å². The number of aromatic hydroxyl groups is 1. The summed E-state index contributed by atoms with van der Waals surface area (Å²) in [6, 6.07) is 3.07. The van der Waals surface area contributed by atoms with E-state index in [9.17, 15) is 34.8 Å². The van der Waals surface area contributed by atoms with E-state index in [0.29, 0.717) is 22.6 Å². The quantitative estimate of drug-likeness (QED) is 0.399. The van der Waals surface area contributed by atoms with E-state index >= 15 is 0 Å². The van der Waals surface area contributed by atoms with Crippen molar-refractivity contribution in [2.75, 3.05) is 0 Å². The number of amides is 1. The van der Waals surface area contributed by atoms with Gasteiger partial charge < -0.3 is 26.2 Å². The van der Waals surface area contributed by atoms with Gasteiger partial charge in [-0.3, -0.25) is 14.4 Å². The Hall–Kier alpha value is -3.10. The summed E-state index contributed by atoms with van der Waals surface area (Å²) in [5.74, 6) is -6.42. The van der Waals surface area contributed by atoms with Crippen LogP contribution >= 0.6 is 11.6 Å². The molecule has 0 radical (unpaired) electrons. The summed E-state index contributed by atoms with van der Waals surface area (Å²) in [4.78, 5) is 37.6. The molecule has 180 valence electrons. The highest BCUT2D eigenvalue weighted by atomic mass is 35.5. The fraction of sp³-hybridized carbons (Fsp3) is 0.400. The Morgan fingerprint density at radius 2 is 1.94 bits per heavy atom. The Bertz CT molecular complexity index is 1210. The second-order valence-corrected chi connectivity index (χ2v) is 9.61. The SMILES string of the molecule is CCCC/C(Cl)=C/c1ccc(O)c2c1C[C@H]1C[C@H]3CC(=O)C(C(N)=O)=C(O)[C@@]3(O)C(=O)C1=C2O. The fourth-order valence-corrected chi connectivity index (χ4v) is 5.62. The molecule has 1 aromatic rings. The van der Waals surface area contributed by atoms with Crippen molar-refractivity contribution < 1.29 is 34.8 Å². The van der Waals surface area contributed by atoms with Crippen LogP contribution in [0, 0.1) is 11.8 Å². The van der Waals surface area contributed by atoms with Gasteiger partial charge in [0, 0.05) is 22.9 Å². The molecule has 0 aromatic heterocycles. The monoisotopic (exact) mass is 487 g/mol. The van der Waals surface area contributed by atoms with Crippen LogP contribution in [-0.4, -0.2) is 43.5 Å². The van der Waals surface area contributed by atoms with E-state index < -0.39 is 52.0 Å². The lowest BCUT2D eigenvalue weighted by Gasteiger charge is -2.46. The summed E-state index contributed by atoms with van der Waals surface area (Å²) in [7, 11) is 0. The molecule has 3 aliphatic carbocycles. The number of phenols is 1. The Kier molecular flexibility index (Phi) is 6.08. The molecule has 1 aromatic carbocycles. The molecule has 0 aliphatic heterocycles. The lowest BCUT2D eigenvalue weighted by atomic mass is 9.59. The smallest absolute Gasteiger partial charge is 0.255 e. The van der Waals surface area contributed by atoms with Crippen LogP contribution < -0.4 is 5.73 Å². The minimum atomic E-state index is -2.56. The first-order valence-corrected chi connectivity index (χ1v) is 11.6. The highest BCUT2D eigenvalue weighted by molar-refractivity contribution is 6.31. The molecule has 1 amide bonds. The van der Waals surface area contributed by atoms with Crippen LogP contribution in [0.3, 0.4) is 0 Å². The minimum absolute atomic E-state index is 0.0563. The summed E-state index contributed by atoms with van der Waals surface area (Å²) < 4.78 is 0. The van der Waals surface area contributed by atoms with Crippen LogP contribution in [0.1, 0.15) is 55.7 Å². The number of carbonyl (C=O) groups excluding carboxylic acids is 3. The fourth-order valence-electron chi connectivity index (χ4n) is 5.37. The summed E-state index contributed by atoms with van der Waals surface area (Å²) in [5, 5.41) is 44.1. The number of hydrogen-bond acceptors (Lipinski definition) is 7. The summed E-state index contributed by atoms with van der Waals surface area (Å²) in [6.07, 6.45) is 4.30. The number of aliphatic hydroxyl groups excluding tert-OH is 2. The molecule has 4 rings (SSSR count). The number of benzene rings is 1. The van der Waals surface area contributed by atoms with Crippen molar-refractivity contribution in [1.82, 2.24) is 0 Å². The van der Waals surface area contributed by atoms with Crippen LogP contribution in [0.5, 0.6) is 5.75 Å². The number of halogens is 1. The third-order valence-electron chi connectivity index (χ3n) is 7.06. The van der Waals surface area contributed by atoms with E-state index in [1.165, 1.54) is 6.07 Å². The number of fused-ring (bicyclic) bond motifs is 3. The van der Waals surface area contributed by atoms with Crippen LogP contribution in [0.2, 0.25) is 0 Å². The van der Waals surface area contributed by atoms with Gasteiger partial charge in [0.25, 0.3) is 5.91 Å². The van der Waals surface area contributed by atoms with E-state index in [2.05, 4.69) is 0 Å². The molecular formula is C25H26ClNO7. The van der Waals surface area contributed by atoms with Crippen LogP contribution in [-0.2, 0) is 20.8 Å². The van der Waals surface area contributed by atoms with Gasteiger partial charge in [0.1, 0.15) is 22.8 Å². The van der Waals surface area contributed by atoms with Gasteiger partial charge >= 0.3 is 0 Å². The number of Topliss-reactive ketones (excluding diaryl/α,β-unsaturated/α-hetero) is 2. The predicted molar refractivity (Wildman–Crippen MR) is 125 cm³/mol. The van der Waals surface area contributed by atoms with E-state index in [4.69, 9.17) is 17.3 Å². The predicted octanol–water partition coefficient (Wildman–Crippen LogP) is 3.19. The Labute approximate surface area is 201 Å². The van der Waals surface area contributed by atoms with Crippen LogP contribution in [0.4, 0.5) is 0 Å². The minimum Gasteiger partial charge on any atom is -0.508 e. The molecule has 8 nitrogen and oxygen atoms in total. The Morgan fingerprint density at radius 3 is 2.59 bits per heavy atom. The van der Waals surface area contributed by atoms with Crippen molar-refractivity contribution in [1.29, 1.82) is 0 Å². The second-order valence-electron chi connectivity index (χ2n) is 9.13. The number of hydrogen-bond donors (Lipinski definition) is 5. The van der Waals surface area contributed by atoms with E-state index in [0.717, 1.165) is 12.8 Å². The van der Waals surface area contributed by atoms with Gasteiger partial charge in [0.05, 0.1) is 5.56 Å². The van der Waals surface area contributed by atoms with Crippen LogP contribution in [0.25, 0.3) is 11.8 Å². The summed E-state index contributed by atoms with van der Waals surface area (Å²) >= 11 is 6.38. The first kappa shape index (κ1) is 24.0. The van der Waals surface area contributed by atoms with Gasteiger partial charge in [-0.1, -0.05) is 31.0 Å². The Morgan fingerprint density at radius 1 is 1.24 bits per heavy atom. The van der Waals surface area contributed by atoms with Gasteiger partial charge in [-0.2, -0.15) is 0 Å². The van der Waals surface area contributed by atoms with Crippen molar-refractivity contribution in [3.8, 4) is 5.75 Å². The average Bonchev–Trinajstić information content (AvgIpc) is 2.76. The number of phenolic OH excluding ortho intramolecular Hbond substituents is 1. The van der Waals surface area contributed by atoms with Crippen molar-refractivity contribution >= 4 is 40.9 Å². The molecule has 3 atom stereocenters. The maximum absolute atomic E-state index is 13.5. The number of aliphatic hydroxyl groups is 3. The zero-order valence-corrected chi connectivity index (χ0v) is 19.4. The number of unbranched alkanes of at least 4 members (excludes halogenated alkanes) is 1. The van der Waals surface area contributed by atoms with E-state index in [1.54, 1.807) is 12.1 Å². The summed E-state index contributed by atoms with van der Waals surface area (Å²) in [6.45, 7) is 2.05. The normalized spacial score (nSPS) is 26.9. The molecule has 0 heterocycles. The Balaban J connectivity index is 1.86. The number of primary amides is 1. The van der Waals surface area contributed by atoms with E-state index in [1.807, 2.05) is 6.92 Å². The average molecular weight is 488 g/mol. The molecule has 0 bridgehead atoms. The molecule has 1 saturated carbocycles. The maximum Gasteiger partial charge on any atom is 0.255 e. The number of ketones is 2. The van der Waals surface area contributed by atoms with Crippen LogP contribution in [0.15, 0.2) is 34.1 Å². The first-order chi connectivity index (χ1) is 16.0. The molecular weight excluding hydrogens is 462 g/mol. The molecule has 9 heteroatoms. The number of nitrogens with two attached hydrogens (primary N) is 1. The van der Waals surface area contributed by atoms with Gasteiger partial charge in [-0.25, -0.2) is 0 Å². The first-order valence-electron chi connectivity index (χ1n) is 11.2. The largest absolute Gasteiger partial charge is 0.508 e. The third kappa shape index (κ3) is 3.52. The topological polar surface area (TPSA) is 158 Å². The molecule has 3 aliphatic rings. The molecule has 6 N–H and O–H groups in total.